The molecule has 0 fully saturated rings. The van der Waals surface area contributed by atoms with Gasteiger partial charge in [0.1, 0.15) is 6.04 Å². The molecule has 0 aromatic heterocycles. The molecule has 2 atom stereocenters. The van der Waals surface area contributed by atoms with Gasteiger partial charge in [0.05, 0.1) is 0 Å². The minimum atomic E-state index is -2.83. The molecule has 2 aromatic rings. The summed E-state index contributed by atoms with van der Waals surface area (Å²) in [7, 11) is 0. The molecule has 0 bridgehead atoms. The van der Waals surface area contributed by atoms with Crippen LogP contribution in [-0.4, -0.2) is 19.0 Å². The van der Waals surface area contributed by atoms with E-state index in [1.54, 1.807) is 30.3 Å². The summed E-state index contributed by atoms with van der Waals surface area (Å²) in [5.74, 6) is 0.412. The van der Waals surface area contributed by atoms with Crippen molar-refractivity contribution in [1.82, 2.24) is 0 Å². The monoisotopic (exact) mass is 394 g/mol. The van der Waals surface area contributed by atoms with Crippen LogP contribution in [0.3, 0.4) is 0 Å². The topological polar surface area (TPSA) is 15.3 Å². The Morgan fingerprint density at radius 2 is 1.36 bits per heavy atom. The predicted molar refractivity (Wildman–Crippen MR) is 106 cm³/mol. The van der Waals surface area contributed by atoms with Gasteiger partial charge in [-0.25, -0.2) is 17.6 Å². The van der Waals surface area contributed by atoms with Gasteiger partial charge in [-0.3, -0.25) is 0 Å². The summed E-state index contributed by atoms with van der Waals surface area (Å²) >= 11 is 0. The first-order chi connectivity index (χ1) is 13.2. The van der Waals surface area contributed by atoms with Gasteiger partial charge in [-0.15, -0.1) is 0 Å². The molecule has 152 valence electrons. The minimum absolute atomic E-state index is 0.148. The van der Waals surface area contributed by atoms with Gasteiger partial charge in [-0.1, -0.05) is 52.0 Å². The minimum Gasteiger partial charge on any atom is -0.360 e. The number of nitrogens with one attached hydrogen (secondary N) is 1. The van der Waals surface area contributed by atoms with Crippen molar-refractivity contribution in [2.24, 2.45) is 0 Å². The van der Waals surface area contributed by atoms with Crippen LogP contribution in [0.5, 0.6) is 0 Å². The Morgan fingerprint density at radius 1 is 0.786 bits per heavy atom. The summed E-state index contributed by atoms with van der Waals surface area (Å²) in [6, 6.07) is 10.6. The lowest BCUT2D eigenvalue weighted by atomic mass is 9.92. The molecule has 2 aromatic carbocycles. The number of halogens is 4. The van der Waals surface area contributed by atoms with E-state index >= 15 is 0 Å². The van der Waals surface area contributed by atoms with Gasteiger partial charge in [0.15, 0.2) is 6.17 Å². The molecule has 3 rings (SSSR count). The van der Waals surface area contributed by atoms with E-state index in [4.69, 9.17) is 0 Å². The van der Waals surface area contributed by atoms with Crippen LogP contribution in [-0.2, 0) is 0 Å². The number of hydrogen-bond donors (Lipinski definition) is 1. The standard InChI is InChI=1S/C22H26F4N2/c1-12(2)14-5-8-16(9-6-14)28-19(20(23)24)17-11-15(13(3)4)7-10-18(17)27-22(28)21(25)26/h5-13,19-22,27H,1-4H3. The molecular formula is C22H26F4N2. The number of fused-ring (bicyclic) bond motifs is 1. The van der Waals surface area contributed by atoms with E-state index in [0.717, 1.165) is 16.0 Å². The van der Waals surface area contributed by atoms with Crippen LogP contribution in [0.25, 0.3) is 0 Å². The third-order valence-electron chi connectivity index (χ3n) is 5.30. The molecule has 6 heteroatoms. The van der Waals surface area contributed by atoms with Crippen molar-refractivity contribution in [1.29, 1.82) is 0 Å². The Hall–Kier alpha value is -2.24. The molecule has 1 heterocycles. The largest absolute Gasteiger partial charge is 0.360 e. The van der Waals surface area contributed by atoms with Crippen LogP contribution in [0.4, 0.5) is 28.9 Å². The zero-order valence-electron chi connectivity index (χ0n) is 16.5. The number of nitrogens with zero attached hydrogens (tertiary/aromatic N) is 1. The molecule has 1 aliphatic rings. The Morgan fingerprint density at radius 3 is 1.86 bits per heavy atom. The summed E-state index contributed by atoms with van der Waals surface area (Å²) in [5.41, 5.74) is 2.98. The van der Waals surface area contributed by atoms with Gasteiger partial charge < -0.3 is 10.2 Å². The molecule has 0 radical (unpaired) electrons. The lowest BCUT2D eigenvalue weighted by molar-refractivity contribution is 0.0760. The maximum Gasteiger partial charge on any atom is 0.276 e. The van der Waals surface area contributed by atoms with Crippen LogP contribution in [0.1, 0.15) is 62.3 Å². The molecule has 1 aliphatic heterocycles. The summed E-state index contributed by atoms with van der Waals surface area (Å²) in [4.78, 5) is 1.13. The quantitative estimate of drug-likeness (QED) is 0.564. The highest BCUT2D eigenvalue weighted by Gasteiger charge is 2.43. The molecule has 0 saturated heterocycles. The van der Waals surface area contributed by atoms with Crippen LogP contribution < -0.4 is 10.2 Å². The highest BCUT2D eigenvalue weighted by Crippen LogP contribution is 2.43. The summed E-state index contributed by atoms with van der Waals surface area (Å²) < 4.78 is 56.1. The molecular weight excluding hydrogens is 368 g/mol. The van der Waals surface area contributed by atoms with Crippen LogP contribution >= 0.6 is 0 Å². The fourth-order valence-electron chi connectivity index (χ4n) is 3.66. The van der Waals surface area contributed by atoms with Gasteiger partial charge in [0, 0.05) is 16.9 Å². The molecule has 0 spiro atoms. The molecule has 0 saturated carbocycles. The first-order valence-corrected chi connectivity index (χ1v) is 9.55. The molecule has 28 heavy (non-hydrogen) atoms. The van der Waals surface area contributed by atoms with Crippen LogP contribution in [0, 0.1) is 0 Å². The third-order valence-corrected chi connectivity index (χ3v) is 5.30. The number of hydrogen-bond acceptors (Lipinski definition) is 2. The van der Waals surface area contributed by atoms with E-state index in [1.807, 2.05) is 39.8 Å². The maximum atomic E-state index is 14.2. The van der Waals surface area contributed by atoms with Crippen molar-refractivity contribution < 1.29 is 17.6 Å². The summed E-state index contributed by atoms with van der Waals surface area (Å²) in [6.07, 6.45) is -7.17. The third kappa shape index (κ3) is 3.82. The van der Waals surface area contributed by atoms with Crippen molar-refractivity contribution >= 4 is 11.4 Å². The van der Waals surface area contributed by atoms with E-state index in [9.17, 15) is 17.6 Å². The highest BCUT2D eigenvalue weighted by atomic mass is 19.3. The highest BCUT2D eigenvalue weighted by molar-refractivity contribution is 5.65. The average molecular weight is 394 g/mol. The molecule has 0 amide bonds. The molecule has 2 unspecified atom stereocenters. The van der Waals surface area contributed by atoms with Gasteiger partial charge in [0.25, 0.3) is 12.9 Å². The smallest absolute Gasteiger partial charge is 0.276 e. The fraction of sp³-hybridized carbons (Fsp3) is 0.455. The lowest BCUT2D eigenvalue weighted by Crippen LogP contribution is -2.53. The van der Waals surface area contributed by atoms with Crippen molar-refractivity contribution in [3.8, 4) is 0 Å². The van der Waals surface area contributed by atoms with Crippen LogP contribution in [0.15, 0.2) is 42.5 Å². The first kappa shape index (κ1) is 20.5. The maximum absolute atomic E-state index is 14.2. The Bertz CT molecular complexity index is 803. The second kappa shape index (κ2) is 8.02. The lowest BCUT2D eigenvalue weighted by Gasteiger charge is -2.45. The van der Waals surface area contributed by atoms with E-state index in [2.05, 4.69) is 5.32 Å². The van der Waals surface area contributed by atoms with E-state index in [-0.39, 0.29) is 11.8 Å². The second-order valence-corrected chi connectivity index (χ2v) is 7.86. The zero-order valence-corrected chi connectivity index (χ0v) is 16.5. The Kier molecular flexibility index (Phi) is 5.87. The summed E-state index contributed by atoms with van der Waals surface area (Å²) in [6.45, 7) is 7.98. The Balaban J connectivity index is 2.13. The van der Waals surface area contributed by atoms with E-state index in [0.29, 0.717) is 16.9 Å². The van der Waals surface area contributed by atoms with Crippen molar-refractivity contribution in [3.05, 3.63) is 59.2 Å². The van der Waals surface area contributed by atoms with E-state index < -0.39 is 25.1 Å². The fourth-order valence-corrected chi connectivity index (χ4v) is 3.66. The van der Waals surface area contributed by atoms with E-state index in [1.165, 1.54) is 0 Å². The van der Waals surface area contributed by atoms with Crippen molar-refractivity contribution in [3.63, 3.8) is 0 Å². The van der Waals surface area contributed by atoms with Gasteiger partial charge in [-0.05, 0) is 41.2 Å². The number of anilines is 2. The second-order valence-electron chi connectivity index (χ2n) is 7.86. The summed E-state index contributed by atoms with van der Waals surface area (Å²) in [5, 5.41) is 2.78. The van der Waals surface area contributed by atoms with Gasteiger partial charge >= 0.3 is 0 Å². The average Bonchev–Trinajstić information content (AvgIpc) is 2.65. The normalized spacial score (nSPS) is 19.5. The van der Waals surface area contributed by atoms with Gasteiger partial charge in [0.2, 0.25) is 0 Å². The molecule has 2 nitrogen and oxygen atoms in total. The molecule has 1 N–H and O–H groups in total. The van der Waals surface area contributed by atoms with Gasteiger partial charge in [-0.2, -0.15) is 0 Å². The zero-order chi connectivity index (χ0) is 20.6. The SMILES string of the molecule is CC(C)c1ccc(N2C(C(F)F)Nc3ccc(C(C)C)cc3C2C(F)F)cc1. The number of benzene rings is 2. The Labute approximate surface area is 163 Å². The number of rotatable bonds is 5. The van der Waals surface area contributed by atoms with Crippen molar-refractivity contribution in [2.75, 3.05) is 10.2 Å². The van der Waals surface area contributed by atoms with Crippen LogP contribution in [0.2, 0.25) is 0 Å². The first-order valence-electron chi connectivity index (χ1n) is 9.55. The number of alkyl halides is 4. The molecule has 0 aliphatic carbocycles. The van der Waals surface area contributed by atoms with Crippen molar-refractivity contribution in [2.45, 2.75) is 64.6 Å². The predicted octanol–water partition coefficient (Wildman–Crippen LogP) is 6.76.